The highest BCUT2D eigenvalue weighted by molar-refractivity contribution is 5.93. The number of carbonyl (C=O) groups excluding carboxylic acids is 2. The molecule has 0 saturated carbocycles. The topological polar surface area (TPSA) is 76.9 Å². The van der Waals surface area contributed by atoms with Crippen molar-refractivity contribution in [2.24, 2.45) is 11.8 Å². The van der Waals surface area contributed by atoms with E-state index in [1.165, 1.54) is 0 Å². The molecule has 2 saturated heterocycles. The molecule has 4 atom stereocenters. The fraction of sp³-hybridized carbons (Fsp3) is 0.632. The van der Waals surface area contributed by atoms with Crippen LogP contribution in [-0.2, 0) is 32.2 Å². The largest absolute Gasteiger partial charge is 0.383 e. The van der Waals surface area contributed by atoms with Gasteiger partial charge in [-0.3, -0.25) is 9.59 Å². The molecule has 27 heavy (non-hydrogen) atoms. The van der Waals surface area contributed by atoms with Crippen molar-refractivity contribution in [1.29, 1.82) is 0 Å². The number of aryl methyl sites for hydroxylation is 1. The van der Waals surface area contributed by atoms with Crippen LogP contribution in [0.1, 0.15) is 12.1 Å². The summed E-state index contributed by atoms with van der Waals surface area (Å²) in [6.45, 7) is 3.60. The number of carbonyl (C=O) groups is 2. The second kappa shape index (κ2) is 6.17. The van der Waals surface area contributed by atoms with Crippen molar-refractivity contribution in [2.45, 2.75) is 31.2 Å². The first-order chi connectivity index (χ1) is 13.1. The van der Waals surface area contributed by atoms with Gasteiger partial charge in [-0.2, -0.15) is 0 Å². The van der Waals surface area contributed by atoms with Crippen molar-refractivity contribution in [3.63, 3.8) is 0 Å². The van der Waals surface area contributed by atoms with Gasteiger partial charge < -0.3 is 23.8 Å². The molecule has 0 aliphatic carbocycles. The maximum absolute atomic E-state index is 13.5. The molecule has 1 spiro atoms. The van der Waals surface area contributed by atoms with E-state index >= 15 is 0 Å². The van der Waals surface area contributed by atoms with Crippen LogP contribution in [0, 0.1) is 11.8 Å². The highest BCUT2D eigenvalue weighted by atomic mass is 16.5. The SMILES string of the molecule is COCCN1C[C@]23C=C[C@H](O2)[C@H](C(=O)N2CCCn4cncc4C2)[C@@H]3C1=O. The minimum atomic E-state index is -0.649. The molecule has 2 amide bonds. The first-order valence-corrected chi connectivity index (χ1v) is 9.56. The van der Waals surface area contributed by atoms with Crippen LogP contribution in [-0.4, -0.2) is 76.2 Å². The lowest BCUT2D eigenvalue weighted by atomic mass is 9.76. The van der Waals surface area contributed by atoms with Gasteiger partial charge in [-0.15, -0.1) is 0 Å². The number of likely N-dealkylation sites (tertiary alicyclic amines) is 1. The van der Waals surface area contributed by atoms with E-state index in [4.69, 9.17) is 9.47 Å². The van der Waals surface area contributed by atoms with Crippen molar-refractivity contribution in [1.82, 2.24) is 19.4 Å². The highest BCUT2D eigenvalue weighted by Crippen LogP contribution is 2.52. The van der Waals surface area contributed by atoms with Crippen LogP contribution in [0.3, 0.4) is 0 Å². The minimum Gasteiger partial charge on any atom is -0.383 e. The lowest BCUT2D eigenvalue weighted by Crippen LogP contribution is -2.46. The van der Waals surface area contributed by atoms with Crippen LogP contribution in [0.15, 0.2) is 24.7 Å². The van der Waals surface area contributed by atoms with Gasteiger partial charge in [0.05, 0.1) is 49.7 Å². The van der Waals surface area contributed by atoms with Gasteiger partial charge in [-0.05, 0) is 6.42 Å². The number of hydrogen-bond donors (Lipinski definition) is 0. The summed E-state index contributed by atoms with van der Waals surface area (Å²) in [5.41, 5.74) is 0.387. The number of aromatic nitrogens is 2. The number of ether oxygens (including phenoxy) is 2. The van der Waals surface area contributed by atoms with Crippen molar-refractivity contribution < 1.29 is 19.1 Å². The molecule has 0 aromatic carbocycles. The third kappa shape index (κ3) is 2.46. The third-order valence-electron chi connectivity index (χ3n) is 6.32. The molecular formula is C19H24N4O4. The van der Waals surface area contributed by atoms with Crippen molar-refractivity contribution in [3.05, 3.63) is 30.4 Å². The van der Waals surface area contributed by atoms with Crippen LogP contribution >= 0.6 is 0 Å². The lowest BCUT2D eigenvalue weighted by Gasteiger charge is -2.29. The summed E-state index contributed by atoms with van der Waals surface area (Å²) in [6.07, 6.45) is 8.17. The van der Waals surface area contributed by atoms with E-state index in [0.29, 0.717) is 32.8 Å². The maximum atomic E-state index is 13.5. The molecule has 144 valence electrons. The number of amides is 2. The molecule has 8 nitrogen and oxygen atoms in total. The van der Waals surface area contributed by atoms with Crippen LogP contribution in [0.2, 0.25) is 0 Å². The van der Waals surface area contributed by atoms with E-state index in [1.807, 2.05) is 29.6 Å². The van der Waals surface area contributed by atoms with Gasteiger partial charge >= 0.3 is 0 Å². The van der Waals surface area contributed by atoms with Gasteiger partial charge in [0.15, 0.2) is 0 Å². The van der Waals surface area contributed by atoms with E-state index < -0.39 is 17.4 Å². The summed E-state index contributed by atoms with van der Waals surface area (Å²) in [4.78, 5) is 34.4. The third-order valence-corrected chi connectivity index (χ3v) is 6.32. The highest BCUT2D eigenvalue weighted by Gasteiger charge is 2.67. The summed E-state index contributed by atoms with van der Waals surface area (Å²) in [5, 5.41) is 0. The van der Waals surface area contributed by atoms with Crippen molar-refractivity contribution >= 4 is 11.8 Å². The Hall–Kier alpha value is -2.19. The average molecular weight is 372 g/mol. The Labute approximate surface area is 157 Å². The minimum absolute atomic E-state index is 0.0112. The normalized spacial score (nSPS) is 34.1. The smallest absolute Gasteiger partial charge is 0.230 e. The van der Waals surface area contributed by atoms with E-state index in [2.05, 4.69) is 9.55 Å². The summed E-state index contributed by atoms with van der Waals surface area (Å²) < 4.78 is 13.4. The number of fused-ring (bicyclic) bond motifs is 2. The zero-order valence-corrected chi connectivity index (χ0v) is 15.4. The molecule has 2 bridgehead atoms. The lowest BCUT2D eigenvalue weighted by molar-refractivity contribution is -0.143. The molecule has 5 rings (SSSR count). The Kier molecular flexibility index (Phi) is 3.87. The second-order valence-corrected chi connectivity index (χ2v) is 7.84. The molecule has 5 heterocycles. The molecule has 0 N–H and O–H groups in total. The Balaban J connectivity index is 1.40. The number of methoxy groups -OCH3 is 1. The molecule has 1 aromatic rings. The predicted molar refractivity (Wildman–Crippen MR) is 94.4 cm³/mol. The zero-order valence-electron chi connectivity index (χ0n) is 15.4. The molecular weight excluding hydrogens is 348 g/mol. The summed E-state index contributed by atoms with van der Waals surface area (Å²) in [5.74, 6) is -0.834. The molecule has 1 aromatic heterocycles. The fourth-order valence-electron chi connectivity index (χ4n) is 5.04. The Morgan fingerprint density at radius 1 is 1.44 bits per heavy atom. The molecule has 2 fully saturated rings. The van der Waals surface area contributed by atoms with Gasteiger partial charge in [-0.1, -0.05) is 12.2 Å². The Morgan fingerprint density at radius 3 is 3.19 bits per heavy atom. The standard InChI is InChI=1S/C19H24N4O4/c1-26-8-7-22-11-19-4-3-14(27-19)15(16(19)18(22)25)17(24)21-5-2-6-23-12-20-9-13(23)10-21/h3-4,9,12,14-16H,2,5-8,10-11H2,1H3/t14-,15-,16+,19-/m0/s1. The van der Waals surface area contributed by atoms with Crippen LogP contribution in [0.4, 0.5) is 0 Å². The Morgan fingerprint density at radius 2 is 2.33 bits per heavy atom. The van der Waals surface area contributed by atoms with Gasteiger partial charge in [-0.25, -0.2) is 4.98 Å². The van der Waals surface area contributed by atoms with E-state index in [-0.39, 0.29) is 17.9 Å². The van der Waals surface area contributed by atoms with Crippen molar-refractivity contribution in [3.8, 4) is 0 Å². The summed E-state index contributed by atoms with van der Waals surface area (Å²) in [7, 11) is 1.62. The first-order valence-electron chi connectivity index (χ1n) is 9.56. The maximum Gasteiger partial charge on any atom is 0.230 e. The molecule has 0 radical (unpaired) electrons. The quantitative estimate of drug-likeness (QED) is 0.698. The zero-order chi connectivity index (χ0) is 18.6. The van der Waals surface area contributed by atoms with Gasteiger partial charge in [0.25, 0.3) is 0 Å². The van der Waals surface area contributed by atoms with E-state index in [1.54, 1.807) is 12.0 Å². The molecule has 4 aliphatic rings. The van der Waals surface area contributed by atoms with Gasteiger partial charge in [0.1, 0.15) is 5.60 Å². The molecule has 4 aliphatic heterocycles. The molecule has 0 unspecified atom stereocenters. The molecule has 8 heteroatoms. The van der Waals surface area contributed by atoms with Gasteiger partial charge in [0, 0.05) is 32.9 Å². The second-order valence-electron chi connectivity index (χ2n) is 7.84. The number of imidazole rings is 1. The number of rotatable bonds is 4. The van der Waals surface area contributed by atoms with Crippen LogP contribution in [0.25, 0.3) is 0 Å². The number of hydrogen-bond acceptors (Lipinski definition) is 5. The summed E-state index contributed by atoms with van der Waals surface area (Å²) >= 11 is 0. The van der Waals surface area contributed by atoms with Crippen LogP contribution in [0.5, 0.6) is 0 Å². The fourth-order valence-corrected chi connectivity index (χ4v) is 5.04. The first kappa shape index (κ1) is 16.9. The summed E-state index contributed by atoms with van der Waals surface area (Å²) in [6, 6.07) is 0. The number of nitrogens with zero attached hydrogens (tertiary/aromatic N) is 4. The predicted octanol–water partition coefficient (Wildman–Crippen LogP) is 0.0438. The van der Waals surface area contributed by atoms with Gasteiger partial charge in [0.2, 0.25) is 11.8 Å². The van der Waals surface area contributed by atoms with Crippen molar-refractivity contribution in [2.75, 3.05) is 33.4 Å². The van der Waals surface area contributed by atoms with E-state index in [0.717, 1.165) is 18.7 Å². The Bertz CT molecular complexity index is 805. The average Bonchev–Trinajstić information content (AvgIpc) is 3.38. The van der Waals surface area contributed by atoms with E-state index in [9.17, 15) is 9.59 Å². The van der Waals surface area contributed by atoms with Crippen LogP contribution < -0.4 is 0 Å². The monoisotopic (exact) mass is 372 g/mol.